The van der Waals surface area contributed by atoms with E-state index in [2.05, 4.69) is 4.74 Å². The normalized spacial score (nSPS) is 12.3. The minimum absolute atomic E-state index is 0.00666. The Bertz CT molecular complexity index is 781. The van der Waals surface area contributed by atoms with Gasteiger partial charge in [0.2, 0.25) is 0 Å². The summed E-state index contributed by atoms with van der Waals surface area (Å²) in [6.45, 7) is -1.82. The van der Waals surface area contributed by atoms with Crippen molar-refractivity contribution in [1.82, 2.24) is 0 Å². The molecule has 0 heterocycles. The summed E-state index contributed by atoms with van der Waals surface area (Å²) in [5.41, 5.74) is 0.00666. The van der Waals surface area contributed by atoms with Crippen LogP contribution < -0.4 is 0 Å². The van der Waals surface area contributed by atoms with Gasteiger partial charge >= 0.3 is 11.2 Å². The molecule has 0 aliphatic heterocycles. The minimum Gasteiger partial charge on any atom is -0.743 e. The lowest BCUT2D eigenvalue weighted by Gasteiger charge is -2.19. The van der Waals surface area contributed by atoms with E-state index in [9.17, 15) is 26.5 Å². The van der Waals surface area contributed by atoms with Gasteiger partial charge in [-0.05, 0) is 16.8 Å². The van der Waals surface area contributed by atoms with Gasteiger partial charge in [-0.3, -0.25) is 0 Å². The molecule has 0 aromatic heterocycles. The van der Waals surface area contributed by atoms with Gasteiger partial charge in [-0.25, -0.2) is 13.2 Å². The summed E-state index contributed by atoms with van der Waals surface area (Å²) in [6.07, 6.45) is 0. The molecule has 0 atom stereocenters. The van der Waals surface area contributed by atoms with E-state index in [1.165, 1.54) is 12.1 Å². The van der Waals surface area contributed by atoms with E-state index >= 15 is 0 Å². The van der Waals surface area contributed by atoms with E-state index in [1.54, 1.807) is 30.3 Å². The van der Waals surface area contributed by atoms with Crippen LogP contribution in [0.1, 0.15) is 10.4 Å². The van der Waals surface area contributed by atoms with Crippen molar-refractivity contribution in [3.63, 3.8) is 0 Å². The zero-order valence-corrected chi connectivity index (χ0v) is 11.3. The van der Waals surface area contributed by atoms with Crippen LogP contribution in [0.15, 0.2) is 42.5 Å². The Morgan fingerprint density at radius 2 is 1.76 bits per heavy atom. The van der Waals surface area contributed by atoms with Crippen molar-refractivity contribution < 1.29 is 31.3 Å². The molecule has 0 bridgehead atoms. The minimum atomic E-state index is -5.88. The third-order valence-corrected chi connectivity index (χ3v) is 3.60. The molecule has 21 heavy (non-hydrogen) atoms. The van der Waals surface area contributed by atoms with Gasteiger partial charge in [0.05, 0.1) is 5.56 Å². The second-order valence-corrected chi connectivity index (χ2v) is 5.70. The summed E-state index contributed by atoms with van der Waals surface area (Å²) in [5.74, 6) is -1.13. The molecule has 2 rings (SSSR count). The van der Waals surface area contributed by atoms with Crippen molar-refractivity contribution in [3.8, 4) is 0 Å². The Morgan fingerprint density at radius 3 is 2.43 bits per heavy atom. The van der Waals surface area contributed by atoms with Crippen LogP contribution in [0.5, 0.6) is 0 Å². The number of alkyl halides is 2. The molecular formula is C13H9F2O5S-. The maximum Gasteiger partial charge on any atom is 0.367 e. The second kappa shape index (κ2) is 5.38. The average molecular weight is 315 g/mol. The number of carbonyl (C=O) groups excluding carboxylic acids is 1. The van der Waals surface area contributed by atoms with Gasteiger partial charge in [-0.2, -0.15) is 8.78 Å². The lowest BCUT2D eigenvalue weighted by Crippen LogP contribution is -2.34. The first-order valence-electron chi connectivity index (χ1n) is 5.70. The van der Waals surface area contributed by atoms with Crippen LogP contribution in [0.3, 0.4) is 0 Å². The number of benzene rings is 2. The second-order valence-electron chi connectivity index (χ2n) is 4.19. The van der Waals surface area contributed by atoms with Crippen LogP contribution in [-0.4, -0.2) is 30.8 Å². The highest BCUT2D eigenvalue weighted by Crippen LogP contribution is 2.23. The van der Waals surface area contributed by atoms with Gasteiger partial charge in [-0.15, -0.1) is 0 Å². The monoisotopic (exact) mass is 315 g/mol. The number of esters is 1. The molecule has 0 amide bonds. The van der Waals surface area contributed by atoms with Crippen LogP contribution in [0.2, 0.25) is 0 Å². The lowest BCUT2D eigenvalue weighted by atomic mass is 10.1. The van der Waals surface area contributed by atoms with E-state index in [0.29, 0.717) is 10.8 Å². The molecule has 0 radical (unpaired) electrons. The highest BCUT2D eigenvalue weighted by Gasteiger charge is 2.39. The van der Waals surface area contributed by atoms with Gasteiger partial charge in [0.25, 0.3) is 0 Å². The molecule has 2 aromatic carbocycles. The van der Waals surface area contributed by atoms with Gasteiger partial charge < -0.3 is 9.29 Å². The van der Waals surface area contributed by atoms with Crippen molar-refractivity contribution in [2.24, 2.45) is 0 Å². The molecular weight excluding hydrogens is 306 g/mol. The Balaban J connectivity index is 2.25. The largest absolute Gasteiger partial charge is 0.743 e. The van der Waals surface area contributed by atoms with Crippen LogP contribution in [-0.2, 0) is 14.9 Å². The molecule has 0 saturated heterocycles. The maximum atomic E-state index is 12.9. The lowest BCUT2D eigenvalue weighted by molar-refractivity contribution is -0.00983. The average Bonchev–Trinajstić information content (AvgIpc) is 2.43. The summed E-state index contributed by atoms with van der Waals surface area (Å²) in [5, 5.41) is -3.50. The van der Waals surface area contributed by atoms with E-state index in [0.717, 1.165) is 0 Å². The summed E-state index contributed by atoms with van der Waals surface area (Å²) >= 11 is 0. The smallest absolute Gasteiger partial charge is 0.367 e. The van der Waals surface area contributed by atoms with E-state index in [4.69, 9.17) is 0 Å². The fraction of sp³-hybridized carbons (Fsp3) is 0.154. The standard InChI is InChI=1S/C13H10F2O5S/c14-13(15,21(17,18)19)8-20-12(16)11-7-3-5-9-4-1-2-6-10(9)11/h1-7H,8H2,(H,17,18,19)/p-1. The van der Waals surface area contributed by atoms with Crippen molar-refractivity contribution >= 4 is 26.9 Å². The number of ether oxygens (including phenoxy) is 1. The SMILES string of the molecule is O=C(OCC(F)(F)S(=O)(=O)[O-])c1cccc2ccccc12. The van der Waals surface area contributed by atoms with Crippen molar-refractivity contribution in [2.45, 2.75) is 5.25 Å². The zero-order chi connectivity index (χ0) is 15.7. The summed E-state index contributed by atoms with van der Waals surface area (Å²) in [6, 6.07) is 11.3. The number of carbonyl (C=O) groups is 1. The van der Waals surface area contributed by atoms with Gasteiger partial charge in [-0.1, -0.05) is 36.4 Å². The molecule has 0 N–H and O–H groups in total. The zero-order valence-electron chi connectivity index (χ0n) is 10.5. The molecule has 0 fully saturated rings. The number of rotatable bonds is 4. The quantitative estimate of drug-likeness (QED) is 0.637. The van der Waals surface area contributed by atoms with Crippen molar-refractivity contribution in [1.29, 1.82) is 0 Å². The van der Waals surface area contributed by atoms with E-state index in [1.807, 2.05) is 0 Å². The molecule has 112 valence electrons. The number of hydrogen-bond acceptors (Lipinski definition) is 5. The molecule has 0 aliphatic rings. The number of hydrogen-bond donors (Lipinski definition) is 0. The number of fused-ring (bicyclic) bond motifs is 1. The number of halogens is 2. The topological polar surface area (TPSA) is 83.5 Å². The van der Waals surface area contributed by atoms with Crippen LogP contribution in [0.25, 0.3) is 10.8 Å². The van der Waals surface area contributed by atoms with Gasteiger partial charge in [0, 0.05) is 0 Å². The molecule has 5 nitrogen and oxygen atoms in total. The van der Waals surface area contributed by atoms with Crippen molar-refractivity contribution in [3.05, 3.63) is 48.0 Å². The first kappa shape index (κ1) is 15.3. The molecule has 0 unspecified atom stereocenters. The van der Waals surface area contributed by atoms with Gasteiger partial charge in [0.15, 0.2) is 16.7 Å². The Hall–Kier alpha value is -2.06. The van der Waals surface area contributed by atoms with E-state index in [-0.39, 0.29) is 5.56 Å². The van der Waals surface area contributed by atoms with Gasteiger partial charge in [0.1, 0.15) is 0 Å². The first-order chi connectivity index (χ1) is 9.72. The van der Waals surface area contributed by atoms with Crippen LogP contribution >= 0.6 is 0 Å². The fourth-order valence-electron chi connectivity index (χ4n) is 1.70. The molecule has 2 aromatic rings. The predicted octanol–water partition coefficient (Wildman–Crippen LogP) is 2.13. The fourth-order valence-corrected chi connectivity index (χ4v) is 1.91. The highest BCUT2D eigenvalue weighted by atomic mass is 32.2. The highest BCUT2D eigenvalue weighted by molar-refractivity contribution is 7.86. The molecule has 8 heteroatoms. The molecule has 0 saturated carbocycles. The summed E-state index contributed by atoms with van der Waals surface area (Å²) in [4.78, 5) is 11.8. The maximum absolute atomic E-state index is 12.9. The summed E-state index contributed by atoms with van der Waals surface area (Å²) in [7, 11) is -5.88. The summed E-state index contributed by atoms with van der Waals surface area (Å²) < 4.78 is 61.1. The van der Waals surface area contributed by atoms with Crippen LogP contribution in [0.4, 0.5) is 8.78 Å². The third-order valence-electron chi connectivity index (χ3n) is 2.75. The predicted molar refractivity (Wildman–Crippen MR) is 68.9 cm³/mol. The first-order valence-corrected chi connectivity index (χ1v) is 7.11. The van der Waals surface area contributed by atoms with Crippen LogP contribution in [0, 0.1) is 0 Å². The Labute approximate surface area is 118 Å². The Morgan fingerprint density at radius 1 is 1.14 bits per heavy atom. The third kappa shape index (κ3) is 3.17. The van der Waals surface area contributed by atoms with E-state index < -0.39 is 27.9 Å². The molecule has 0 aliphatic carbocycles. The van der Waals surface area contributed by atoms with Crippen molar-refractivity contribution in [2.75, 3.05) is 6.61 Å². The Kier molecular flexibility index (Phi) is 3.93. The molecule has 0 spiro atoms.